The van der Waals surface area contributed by atoms with E-state index in [2.05, 4.69) is 294 Å². The lowest BCUT2D eigenvalue weighted by Gasteiger charge is -2.40. The molecule has 3 aliphatic carbocycles. The summed E-state index contributed by atoms with van der Waals surface area (Å²) in [6.07, 6.45) is 0. The third-order valence-electron chi connectivity index (χ3n) is 20.5. The summed E-state index contributed by atoms with van der Waals surface area (Å²) < 4.78 is 7.37. The average molecular weight is 1150 g/mol. The van der Waals surface area contributed by atoms with E-state index in [4.69, 9.17) is 15.0 Å². The van der Waals surface area contributed by atoms with Crippen molar-refractivity contribution in [3.8, 4) is 56.7 Å². The van der Waals surface area contributed by atoms with Gasteiger partial charge in [0.25, 0.3) is 0 Å². The molecule has 0 saturated heterocycles. The summed E-state index contributed by atoms with van der Waals surface area (Å²) in [5.74, 6) is 1.79. The molecule has 0 bridgehead atoms. The molecule has 18 aromatic rings. The highest BCUT2D eigenvalue weighted by molar-refractivity contribution is 7.26. The fraction of sp³-hybridized carbons (Fsp3) is 0.0241. The lowest BCUT2D eigenvalue weighted by molar-refractivity contribution is 0.492. The molecule has 6 heteroatoms. The second-order valence-corrected chi connectivity index (χ2v) is 25.4. The molecule has 410 valence electrons. The van der Waals surface area contributed by atoms with Gasteiger partial charge in [0.1, 0.15) is 0 Å². The summed E-state index contributed by atoms with van der Waals surface area (Å²) in [4.78, 5) is 16.9. The van der Waals surface area contributed by atoms with Crippen molar-refractivity contribution in [3.63, 3.8) is 0 Å². The Morgan fingerprint density at radius 3 is 1.36 bits per heavy atom. The van der Waals surface area contributed by atoms with Gasteiger partial charge in [0.2, 0.25) is 5.95 Å². The van der Waals surface area contributed by atoms with Crippen molar-refractivity contribution in [2.75, 3.05) is 0 Å². The number of benzene rings is 14. The van der Waals surface area contributed by atoms with Crippen LogP contribution in [0.25, 0.3) is 153 Å². The van der Waals surface area contributed by atoms with Crippen molar-refractivity contribution in [1.82, 2.24) is 24.1 Å². The third-order valence-corrected chi connectivity index (χ3v) is 21.7. The highest BCUT2D eigenvalue weighted by atomic mass is 32.1. The normalized spacial score (nSPS) is 16.2. The maximum Gasteiger partial charge on any atom is 0.238 e. The molecule has 4 aromatic heterocycles. The molecule has 0 N–H and O–H groups in total. The van der Waals surface area contributed by atoms with Gasteiger partial charge in [-0.1, -0.05) is 255 Å². The summed E-state index contributed by atoms with van der Waals surface area (Å²) in [6.45, 7) is 0. The van der Waals surface area contributed by atoms with Crippen LogP contribution in [0.2, 0.25) is 0 Å². The minimum Gasteiger partial charge on any atom is -0.307 e. The van der Waals surface area contributed by atoms with Crippen molar-refractivity contribution in [1.29, 1.82) is 0 Å². The predicted octanol–water partition coefficient (Wildman–Crippen LogP) is 20.9. The van der Waals surface area contributed by atoms with Crippen molar-refractivity contribution in [3.05, 3.63) is 318 Å². The molecule has 2 unspecified atom stereocenters. The molecule has 2 atom stereocenters. The van der Waals surface area contributed by atoms with E-state index < -0.39 is 10.8 Å². The quantitative estimate of drug-likeness (QED) is 0.167. The van der Waals surface area contributed by atoms with Crippen molar-refractivity contribution in [2.45, 2.75) is 10.8 Å². The van der Waals surface area contributed by atoms with E-state index in [-0.39, 0.29) is 0 Å². The van der Waals surface area contributed by atoms with Gasteiger partial charge in [0, 0.05) is 64.1 Å². The van der Waals surface area contributed by atoms with Crippen LogP contribution in [0.1, 0.15) is 33.4 Å². The van der Waals surface area contributed by atoms with Gasteiger partial charge >= 0.3 is 0 Å². The summed E-state index contributed by atoms with van der Waals surface area (Å²) in [5.41, 5.74) is 19.1. The largest absolute Gasteiger partial charge is 0.307 e. The van der Waals surface area contributed by atoms with Crippen molar-refractivity contribution < 1.29 is 0 Å². The number of fused-ring (bicyclic) bond motifs is 10. The Labute approximate surface area is 514 Å². The zero-order valence-electron chi connectivity index (χ0n) is 47.8. The van der Waals surface area contributed by atoms with E-state index in [1.54, 1.807) is 0 Å². The second-order valence-electron chi connectivity index (χ2n) is 24.4. The molecule has 3 aliphatic rings. The first-order valence-corrected chi connectivity index (χ1v) is 31.5. The molecule has 0 fully saturated rings. The van der Waals surface area contributed by atoms with Gasteiger partial charge < -0.3 is 4.57 Å². The monoisotopic (exact) mass is 1150 g/mol. The number of para-hydroxylation sites is 3. The van der Waals surface area contributed by atoms with Crippen molar-refractivity contribution >= 4 is 107 Å². The van der Waals surface area contributed by atoms with Gasteiger partial charge in [-0.05, 0) is 113 Å². The van der Waals surface area contributed by atoms with Crippen LogP contribution in [0.3, 0.4) is 0 Å². The van der Waals surface area contributed by atoms with Crippen LogP contribution in [0.15, 0.2) is 285 Å². The highest BCUT2D eigenvalue weighted by Gasteiger charge is 2.70. The summed E-state index contributed by atoms with van der Waals surface area (Å²) in [5, 5.41) is 14.9. The number of hydrogen-bond donors (Lipinski definition) is 0. The Morgan fingerprint density at radius 1 is 0.270 bits per heavy atom. The molecule has 0 saturated carbocycles. The van der Waals surface area contributed by atoms with Gasteiger partial charge in [-0.3, -0.25) is 4.57 Å². The van der Waals surface area contributed by atoms with Crippen LogP contribution in [-0.4, -0.2) is 24.1 Å². The molecule has 0 aliphatic heterocycles. The van der Waals surface area contributed by atoms with E-state index in [0.717, 1.165) is 60.4 Å². The SMILES string of the molecule is c1ccc(-c2nc(-c3ccc4c5c(cccc35)C35c6cccc7c(-c8ccccc8)ccc(c67)C43c3ccc(-c4cccc6c4sc4ccccc46)c4cccc5c34)nc(-n3c4ccccc4c4ccc5c6ccccc6n(-c6ccccc6)c5c43)n2)cc1. The fourth-order valence-corrected chi connectivity index (χ4v) is 18.5. The summed E-state index contributed by atoms with van der Waals surface area (Å²) >= 11 is 1.90. The zero-order chi connectivity index (χ0) is 57.8. The Kier molecular flexibility index (Phi) is 9.27. The van der Waals surface area contributed by atoms with Crippen LogP contribution in [-0.2, 0) is 10.8 Å². The van der Waals surface area contributed by atoms with E-state index >= 15 is 0 Å². The van der Waals surface area contributed by atoms with Gasteiger partial charge in [-0.15, -0.1) is 11.3 Å². The van der Waals surface area contributed by atoms with Gasteiger partial charge in [0.05, 0.1) is 32.9 Å². The standard InChI is InChI=1S/C83H47N5S/c1-4-20-48(21-5-1)51-42-45-67-73-56(51)29-17-34-64(73)82-65-35-18-30-57-52(61-32-16-33-62-55-28-12-15-39-72(55)89-78(61)62)43-46-68(74(57)65)83(67,82)69-47-44-63(58-31-19-36-66(82)75(58)69)80-84-79(49-22-6-2-7-23-49)85-81(86-80)88-71-38-14-11-27-54(71)60-41-40-59-53-26-10-13-37-70(53)87(76(59)77(60)88)50-24-8-3-9-25-50/h1-47H. The van der Waals surface area contributed by atoms with Crippen LogP contribution >= 0.6 is 11.3 Å². The molecule has 21 rings (SSSR count). The van der Waals surface area contributed by atoms with Gasteiger partial charge in [-0.2, -0.15) is 9.97 Å². The maximum absolute atomic E-state index is 5.79. The fourth-order valence-electron chi connectivity index (χ4n) is 17.3. The molecule has 0 radical (unpaired) electrons. The average Bonchev–Trinajstić information content (AvgIpc) is 1.44. The summed E-state index contributed by atoms with van der Waals surface area (Å²) in [6, 6.07) is 106. The smallest absolute Gasteiger partial charge is 0.238 e. The van der Waals surface area contributed by atoms with E-state index in [1.807, 2.05) is 11.3 Å². The Balaban J connectivity index is 0.854. The number of rotatable bonds is 6. The Bertz CT molecular complexity index is 6140. The second kappa shape index (κ2) is 17.2. The minimum atomic E-state index is -0.625. The molecule has 0 spiro atoms. The first-order valence-electron chi connectivity index (χ1n) is 30.7. The van der Waals surface area contributed by atoms with Gasteiger partial charge in [-0.25, -0.2) is 4.98 Å². The highest BCUT2D eigenvalue weighted by Crippen LogP contribution is 2.76. The van der Waals surface area contributed by atoms with E-state index in [1.165, 1.54) is 108 Å². The number of hydrogen-bond acceptors (Lipinski definition) is 4. The van der Waals surface area contributed by atoms with Crippen LogP contribution in [0.4, 0.5) is 0 Å². The minimum absolute atomic E-state index is 0.559. The third kappa shape index (κ3) is 5.84. The van der Waals surface area contributed by atoms with E-state index in [0.29, 0.717) is 17.6 Å². The molecule has 0 amide bonds. The van der Waals surface area contributed by atoms with E-state index in [9.17, 15) is 0 Å². The lowest BCUT2D eigenvalue weighted by atomic mass is 9.59. The first-order chi connectivity index (χ1) is 44.2. The van der Waals surface area contributed by atoms with Crippen LogP contribution in [0.5, 0.6) is 0 Å². The number of thiophene rings is 1. The van der Waals surface area contributed by atoms with Crippen molar-refractivity contribution in [2.24, 2.45) is 0 Å². The van der Waals surface area contributed by atoms with Gasteiger partial charge in [0.15, 0.2) is 11.6 Å². The Morgan fingerprint density at radius 2 is 0.719 bits per heavy atom. The molecule has 5 nitrogen and oxygen atoms in total. The molecule has 14 aromatic carbocycles. The molecule has 89 heavy (non-hydrogen) atoms. The Hall–Kier alpha value is -11.3. The molecule has 4 heterocycles. The number of aromatic nitrogens is 5. The topological polar surface area (TPSA) is 48.5 Å². The first kappa shape index (κ1) is 47.9. The van der Waals surface area contributed by atoms with Crippen LogP contribution in [0, 0.1) is 0 Å². The van der Waals surface area contributed by atoms with Crippen LogP contribution < -0.4 is 0 Å². The summed E-state index contributed by atoms with van der Waals surface area (Å²) in [7, 11) is 0. The maximum atomic E-state index is 5.79. The molecular formula is C83H47N5S. The molecular weight excluding hydrogens is 1100 g/mol. The predicted molar refractivity (Wildman–Crippen MR) is 368 cm³/mol. The number of nitrogens with zero attached hydrogens (tertiary/aromatic N) is 5. The lowest BCUT2D eigenvalue weighted by Crippen LogP contribution is -2.42. The zero-order valence-corrected chi connectivity index (χ0v) is 48.6.